The number of hydrogen-bond acceptors (Lipinski definition) is 3. The predicted molar refractivity (Wildman–Crippen MR) is 84.6 cm³/mol. The lowest BCUT2D eigenvalue weighted by Gasteiger charge is -2.30. The predicted octanol–water partition coefficient (Wildman–Crippen LogP) is 2.87. The van der Waals surface area contributed by atoms with Gasteiger partial charge in [0.15, 0.2) is 0 Å². The van der Waals surface area contributed by atoms with Gasteiger partial charge < -0.3 is 9.64 Å². The van der Waals surface area contributed by atoms with E-state index < -0.39 is 0 Å². The van der Waals surface area contributed by atoms with Crippen LogP contribution in [0.3, 0.4) is 0 Å². The van der Waals surface area contributed by atoms with E-state index in [1.54, 1.807) is 0 Å². The molecule has 1 amide bonds. The van der Waals surface area contributed by atoms with Gasteiger partial charge in [-0.05, 0) is 35.7 Å². The molecule has 0 spiro atoms. The average molecular weight is 297 g/mol. The van der Waals surface area contributed by atoms with Gasteiger partial charge in [0, 0.05) is 18.7 Å². The topological polar surface area (TPSA) is 46.6 Å². The number of nitrogens with zero attached hydrogens (tertiary/aromatic N) is 1. The van der Waals surface area contributed by atoms with Crippen LogP contribution in [0.2, 0.25) is 0 Å². The fraction of sp³-hybridized carbons (Fsp3) is 0.333. The van der Waals surface area contributed by atoms with E-state index in [1.807, 2.05) is 47.4 Å². The summed E-state index contributed by atoms with van der Waals surface area (Å²) in [7, 11) is 1.41. The highest BCUT2D eigenvalue weighted by molar-refractivity contribution is 5.98. The molecule has 1 aliphatic rings. The van der Waals surface area contributed by atoms with Crippen LogP contribution >= 0.6 is 0 Å². The van der Waals surface area contributed by atoms with Crippen molar-refractivity contribution in [2.45, 2.75) is 12.8 Å². The minimum Gasteiger partial charge on any atom is -0.469 e. The molecule has 0 aliphatic carbocycles. The van der Waals surface area contributed by atoms with Crippen molar-refractivity contribution >= 4 is 22.6 Å². The molecule has 0 radical (unpaired) electrons. The second-order valence-corrected chi connectivity index (χ2v) is 5.65. The molecule has 0 bridgehead atoms. The third kappa shape index (κ3) is 2.82. The van der Waals surface area contributed by atoms with E-state index >= 15 is 0 Å². The van der Waals surface area contributed by atoms with E-state index in [1.165, 1.54) is 7.11 Å². The van der Waals surface area contributed by atoms with Crippen molar-refractivity contribution in [1.82, 2.24) is 4.90 Å². The van der Waals surface area contributed by atoms with Crippen LogP contribution in [-0.2, 0) is 9.53 Å². The van der Waals surface area contributed by atoms with E-state index in [0.29, 0.717) is 31.5 Å². The first kappa shape index (κ1) is 14.6. The van der Waals surface area contributed by atoms with Gasteiger partial charge in [-0.25, -0.2) is 0 Å². The summed E-state index contributed by atoms with van der Waals surface area (Å²) in [6.45, 7) is 1.21. The van der Waals surface area contributed by atoms with Crippen LogP contribution in [0.1, 0.15) is 23.2 Å². The van der Waals surface area contributed by atoms with Crippen LogP contribution in [0.4, 0.5) is 0 Å². The van der Waals surface area contributed by atoms with Crippen LogP contribution in [0, 0.1) is 5.92 Å². The molecule has 0 saturated carbocycles. The molecule has 22 heavy (non-hydrogen) atoms. The first-order valence-electron chi connectivity index (χ1n) is 7.55. The Hall–Kier alpha value is -2.36. The van der Waals surface area contributed by atoms with Crippen LogP contribution in [0.5, 0.6) is 0 Å². The number of piperidine rings is 1. The fourth-order valence-corrected chi connectivity index (χ4v) is 2.99. The Balaban J connectivity index is 1.72. The molecular formula is C18H19NO3. The maximum atomic E-state index is 12.6. The van der Waals surface area contributed by atoms with Crippen LogP contribution in [-0.4, -0.2) is 37.0 Å². The Morgan fingerprint density at radius 2 is 1.73 bits per heavy atom. The summed E-state index contributed by atoms with van der Waals surface area (Å²) in [6, 6.07) is 13.8. The minimum atomic E-state index is -0.169. The van der Waals surface area contributed by atoms with Crippen LogP contribution < -0.4 is 0 Å². The quantitative estimate of drug-likeness (QED) is 0.801. The highest BCUT2D eigenvalue weighted by Crippen LogP contribution is 2.22. The summed E-state index contributed by atoms with van der Waals surface area (Å²) in [4.78, 5) is 26.0. The Morgan fingerprint density at radius 3 is 2.41 bits per heavy atom. The standard InChI is InChI=1S/C18H19NO3/c1-22-18(21)14-8-10-19(11-9-14)17(20)16-7-6-13-4-2-3-5-15(13)12-16/h2-7,12,14H,8-11H2,1H3. The van der Waals surface area contributed by atoms with Crippen molar-refractivity contribution < 1.29 is 14.3 Å². The Bertz CT molecular complexity index is 702. The largest absolute Gasteiger partial charge is 0.469 e. The van der Waals surface area contributed by atoms with Gasteiger partial charge in [0.25, 0.3) is 5.91 Å². The number of esters is 1. The van der Waals surface area contributed by atoms with E-state index in [2.05, 4.69) is 0 Å². The number of fused-ring (bicyclic) bond motifs is 1. The molecule has 114 valence electrons. The first-order valence-corrected chi connectivity index (χ1v) is 7.55. The number of carbonyl (C=O) groups excluding carboxylic acids is 2. The number of benzene rings is 2. The summed E-state index contributed by atoms with van der Waals surface area (Å²) in [6.07, 6.45) is 1.35. The third-order valence-electron chi connectivity index (χ3n) is 4.31. The summed E-state index contributed by atoms with van der Waals surface area (Å²) in [5, 5.41) is 2.20. The molecule has 0 aromatic heterocycles. The highest BCUT2D eigenvalue weighted by Gasteiger charge is 2.28. The minimum absolute atomic E-state index is 0.0362. The molecule has 1 heterocycles. The number of rotatable bonds is 2. The number of likely N-dealkylation sites (tertiary alicyclic amines) is 1. The second kappa shape index (κ2) is 6.18. The van der Waals surface area contributed by atoms with Gasteiger partial charge >= 0.3 is 5.97 Å². The zero-order valence-corrected chi connectivity index (χ0v) is 12.6. The smallest absolute Gasteiger partial charge is 0.308 e. The molecule has 1 saturated heterocycles. The molecular weight excluding hydrogens is 278 g/mol. The van der Waals surface area contributed by atoms with Gasteiger partial charge in [-0.3, -0.25) is 9.59 Å². The number of methoxy groups -OCH3 is 1. The van der Waals surface area contributed by atoms with Crippen molar-refractivity contribution in [3.05, 3.63) is 48.0 Å². The molecule has 2 aromatic carbocycles. The summed E-state index contributed by atoms with van der Waals surface area (Å²) < 4.78 is 4.78. The van der Waals surface area contributed by atoms with Crippen molar-refractivity contribution in [2.24, 2.45) is 5.92 Å². The van der Waals surface area contributed by atoms with Gasteiger partial charge in [-0.15, -0.1) is 0 Å². The second-order valence-electron chi connectivity index (χ2n) is 5.65. The first-order chi connectivity index (χ1) is 10.7. The summed E-state index contributed by atoms with van der Waals surface area (Å²) >= 11 is 0. The van der Waals surface area contributed by atoms with Gasteiger partial charge in [-0.2, -0.15) is 0 Å². The van der Waals surface area contributed by atoms with Gasteiger partial charge in [0.05, 0.1) is 13.0 Å². The van der Waals surface area contributed by atoms with Gasteiger partial charge in [0.2, 0.25) is 0 Å². The average Bonchev–Trinajstić information content (AvgIpc) is 2.60. The Labute approximate surface area is 129 Å². The molecule has 0 unspecified atom stereocenters. The van der Waals surface area contributed by atoms with Crippen molar-refractivity contribution in [3.63, 3.8) is 0 Å². The lowest BCUT2D eigenvalue weighted by Crippen LogP contribution is -2.40. The fourth-order valence-electron chi connectivity index (χ4n) is 2.99. The van der Waals surface area contributed by atoms with Crippen molar-refractivity contribution in [1.29, 1.82) is 0 Å². The van der Waals surface area contributed by atoms with E-state index in [-0.39, 0.29) is 17.8 Å². The maximum Gasteiger partial charge on any atom is 0.308 e. The molecule has 4 heteroatoms. The number of hydrogen-bond donors (Lipinski definition) is 0. The van der Waals surface area contributed by atoms with Crippen molar-refractivity contribution in [3.8, 4) is 0 Å². The van der Waals surface area contributed by atoms with Gasteiger partial charge in [0.1, 0.15) is 0 Å². The number of ether oxygens (including phenoxy) is 1. The van der Waals surface area contributed by atoms with Crippen LogP contribution in [0.25, 0.3) is 10.8 Å². The van der Waals surface area contributed by atoms with E-state index in [4.69, 9.17) is 4.74 Å². The monoisotopic (exact) mass is 297 g/mol. The summed E-state index contributed by atoms with van der Waals surface area (Å²) in [5.41, 5.74) is 0.704. The molecule has 4 nitrogen and oxygen atoms in total. The lowest BCUT2D eigenvalue weighted by atomic mass is 9.96. The van der Waals surface area contributed by atoms with E-state index in [0.717, 1.165) is 10.8 Å². The van der Waals surface area contributed by atoms with Crippen LogP contribution in [0.15, 0.2) is 42.5 Å². The van der Waals surface area contributed by atoms with Crippen molar-refractivity contribution in [2.75, 3.05) is 20.2 Å². The van der Waals surface area contributed by atoms with E-state index in [9.17, 15) is 9.59 Å². The molecule has 0 atom stereocenters. The number of carbonyl (C=O) groups is 2. The highest BCUT2D eigenvalue weighted by atomic mass is 16.5. The van der Waals surface area contributed by atoms with Gasteiger partial charge in [-0.1, -0.05) is 30.3 Å². The number of amides is 1. The molecule has 1 fully saturated rings. The Kier molecular flexibility index (Phi) is 4.09. The SMILES string of the molecule is COC(=O)C1CCN(C(=O)c2ccc3ccccc3c2)CC1. The third-order valence-corrected chi connectivity index (χ3v) is 4.31. The molecule has 2 aromatic rings. The zero-order chi connectivity index (χ0) is 15.5. The summed E-state index contributed by atoms with van der Waals surface area (Å²) in [5.74, 6) is -0.211. The maximum absolute atomic E-state index is 12.6. The molecule has 1 aliphatic heterocycles. The normalized spacial score (nSPS) is 15.8. The Morgan fingerprint density at radius 1 is 1.05 bits per heavy atom. The lowest BCUT2D eigenvalue weighted by molar-refractivity contribution is -0.146. The molecule has 3 rings (SSSR count). The molecule has 0 N–H and O–H groups in total. The zero-order valence-electron chi connectivity index (χ0n) is 12.6.